The standard InChI is InChI=1S/C9H12BrNO3S/c1-7-2-3-8(10)6-9(7)15(13,14)11-4-5-12/h2-3,6,11-12H,4-5H2,1H3. The fourth-order valence-corrected chi connectivity index (χ4v) is 2.92. The molecule has 0 aliphatic rings. The van der Waals surface area contributed by atoms with Gasteiger partial charge in [-0.25, -0.2) is 13.1 Å². The number of aryl methyl sites for hydroxylation is 1. The molecule has 0 aromatic heterocycles. The predicted molar refractivity (Wildman–Crippen MR) is 61.2 cm³/mol. The van der Waals surface area contributed by atoms with Crippen molar-refractivity contribution in [1.29, 1.82) is 0 Å². The Morgan fingerprint density at radius 2 is 2.13 bits per heavy atom. The first kappa shape index (κ1) is 12.6. The average Bonchev–Trinajstić information content (AvgIpc) is 2.18. The van der Waals surface area contributed by atoms with Crippen LogP contribution in [0.25, 0.3) is 0 Å². The molecule has 4 nitrogen and oxygen atoms in total. The van der Waals surface area contributed by atoms with Gasteiger partial charge >= 0.3 is 0 Å². The molecule has 2 N–H and O–H groups in total. The van der Waals surface area contributed by atoms with Gasteiger partial charge in [0.25, 0.3) is 0 Å². The summed E-state index contributed by atoms with van der Waals surface area (Å²) < 4.78 is 26.4. The molecule has 0 bridgehead atoms. The maximum absolute atomic E-state index is 11.7. The second-order valence-electron chi connectivity index (χ2n) is 3.03. The zero-order valence-corrected chi connectivity index (χ0v) is 10.6. The zero-order chi connectivity index (χ0) is 11.5. The van der Waals surface area contributed by atoms with E-state index in [0.717, 1.165) is 0 Å². The summed E-state index contributed by atoms with van der Waals surface area (Å²) in [5.41, 5.74) is 0.670. The Balaban J connectivity index is 3.09. The number of rotatable bonds is 4. The van der Waals surface area contributed by atoms with E-state index in [9.17, 15) is 8.42 Å². The minimum atomic E-state index is -3.52. The summed E-state index contributed by atoms with van der Waals surface area (Å²) in [6, 6.07) is 5.03. The molecule has 0 saturated carbocycles. The highest BCUT2D eigenvalue weighted by Gasteiger charge is 2.15. The quantitative estimate of drug-likeness (QED) is 0.871. The molecule has 1 aromatic rings. The van der Waals surface area contributed by atoms with Gasteiger partial charge in [-0.05, 0) is 24.6 Å². The van der Waals surface area contributed by atoms with Crippen LogP contribution >= 0.6 is 15.9 Å². The number of nitrogens with one attached hydrogen (secondary N) is 1. The number of benzene rings is 1. The number of sulfonamides is 1. The molecular formula is C9H12BrNO3S. The Morgan fingerprint density at radius 3 is 2.73 bits per heavy atom. The molecule has 0 amide bonds. The van der Waals surface area contributed by atoms with Crippen LogP contribution in [0.3, 0.4) is 0 Å². The third-order valence-corrected chi connectivity index (χ3v) is 3.94. The van der Waals surface area contributed by atoms with E-state index in [2.05, 4.69) is 20.7 Å². The van der Waals surface area contributed by atoms with Crippen molar-refractivity contribution in [2.24, 2.45) is 0 Å². The van der Waals surface area contributed by atoms with Crippen molar-refractivity contribution >= 4 is 26.0 Å². The van der Waals surface area contributed by atoms with Crippen molar-refractivity contribution in [3.8, 4) is 0 Å². The van der Waals surface area contributed by atoms with E-state index in [-0.39, 0.29) is 18.0 Å². The molecule has 0 spiro atoms. The first-order valence-corrected chi connectivity index (χ1v) is 6.61. The monoisotopic (exact) mass is 293 g/mol. The summed E-state index contributed by atoms with van der Waals surface area (Å²) in [4.78, 5) is 0.227. The third-order valence-electron chi connectivity index (χ3n) is 1.84. The summed E-state index contributed by atoms with van der Waals surface area (Å²) >= 11 is 3.22. The molecule has 6 heteroatoms. The lowest BCUT2D eigenvalue weighted by Gasteiger charge is -2.08. The Bertz CT molecular complexity index is 445. The highest BCUT2D eigenvalue weighted by Crippen LogP contribution is 2.20. The minimum absolute atomic E-state index is 0.0221. The maximum atomic E-state index is 11.7. The average molecular weight is 294 g/mol. The summed E-state index contributed by atoms with van der Waals surface area (Å²) in [6.07, 6.45) is 0. The van der Waals surface area contributed by atoms with Crippen LogP contribution in [0.4, 0.5) is 0 Å². The predicted octanol–water partition coefficient (Wildman–Crippen LogP) is 1.03. The topological polar surface area (TPSA) is 66.4 Å². The summed E-state index contributed by atoms with van der Waals surface area (Å²) in [5, 5.41) is 8.56. The van der Waals surface area contributed by atoms with Gasteiger partial charge in [-0.2, -0.15) is 0 Å². The van der Waals surface area contributed by atoms with Crippen molar-refractivity contribution in [3.63, 3.8) is 0 Å². The van der Waals surface area contributed by atoms with Gasteiger partial charge in [0.15, 0.2) is 0 Å². The van der Waals surface area contributed by atoms with Crippen LogP contribution in [0.1, 0.15) is 5.56 Å². The molecule has 84 valence electrons. The van der Waals surface area contributed by atoms with Gasteiger partial charge in [0, 0.05) is 11.0 Å². The van der Waals surface area contributed by atoms with Crippen LogP contribution in [-0.2, 0) is 10.0 Å². The van der Waals surface area contributed by atoms with Crippen LogP contribution in [0, 0.1) is 6.92 Å². The van der Waals surface area contributed by atoms with Gasteiger partial charge < -0.3 is 5.11 Å². The number of aliphatic hydroxyl groups excluding tert-OH is 1. The molecule has 0 unspecified atom stereocenters. The van der Waals surface area contributed by atoms with Gasteiger partial charge in [-0.3, -0.25) is 0 Å². The molecule has 1 aromatic carbocycles. The molecule has 15 heavy (non-hydrogen) atoms. The molecule has 1 rings (SSSR count). The largest absolute Gasteiger partial charge is 0.395 e. The van der Waals surface area contributed by atoms with Crippen molar-refractivity contribution in [1.82, 2.24) is 4.72 Å². The van der Waals surface area contributed by atoms with Gasteiger partial charge in [0.05, 0.1) is 11.5 Å². The normalized spacial score (nSPS) is 11.7. The van der Waals surface area contributed by atoms with E-state index in [1.54, 1.807) is 19.1 Å². The summed E-state index contributed by atoms with van der Waals surface area (Å²) in [7, 11) is -3.52. The van der Waals surface area contributed by atoms with Crippen molar-refractivity contribution < 1.29 is 13.5 Å². The van der Waals surface area contributed by atoms with Gasteiger partial charge in [-0.15, -0.1) is 0 Å². The maximum Gasteiger partial charge on any atom is 0.240 e. The Morgan fingerprint density at radius 1 is 1.47 bits per heavy atom. The van der Waals surface area contributed by atoms with E-state index in [4.69, 9.17) is 5.11 Å². The van der Waals surface area contributed by atoms with Crippen molar-refractivity contribution in [2.45, 2.75) is 11.8 Å². The highest BCUT2D eigenvalue weighted by molar-refractivity contribution is 9.10. The van der Waals surface area contributed by atoms with Crippen molar-refractivity contribution in [3.05, 3.63) is 28.2 Å². The number of hydrogen-bond acceptors (Lipinski definition) is 3. The van der Waals surface area contributed by atoms with Gasteiger partial charge in [0.2, 0.25) is 10.0 Å². The lowest BCUT2D eigenvalue weighted by molar-refractivity contribution is 0.301. The van der Waals surface area contributed by atoms with Crippen LogP contribution in [0.15, 0.2) is 27.6 Å². The molecule has 0 radical (unpaired) electrons. The van der Waals surface area contributed by atoms with E-state index in [1.165, 1.54) is 6.07 Å². The first-order valence-electron chi connectivity index (χ1n) is 4.34. The van der Waals surface area contributed by atoms with E-state index >= 15 is 0 Å². The van der Waals surface area contributed by atoms with E-state index in [1.807, 2.05) is 0 Å². The van der Waals surface area contributed by atoms with Crippen molar-refractivity contribution in [2.75, 3.05) is 13.2 Å². The van der Waals surface area contributed by atoms with Crippen LogP contribution in [0.5, 0.6) is 0 Å². The molecule has 0 atom stereocenters. The SMILES string of the molecule is Cc1ccc(Br)cc1S(=O)(=O)NCCO. The van der Waals surface area contributed by atoms with Crippen LogP contribution in [-0.4, -0.2) is 26.7 Å². The van der Waals surface area contributed by atoms with E-state index in [0.29, 0.717) is 10.0 Å². The lowest BCUT2D eigenvalue weighted by atomic mass is 10.2. The number of hydrogen-bond donors (Lipinski definition) is 2. The smallest absolute Gasteiger partial charge is 0.240 e. The Hall–Kier alpha value is -0.430. The minimum Gasteiger partial charge on any atom is -0.395 e. The number of aliphatic hydroxyl groups is 1. The fourth-order valence-electron chi connectivity index (χ4n) is 1.12. The fraction of sp³-hybridized carbons (Fsp3) is 0.333. The summed E-state index contributed by atoms with van der Waals surface area (Å²) in [6.45, 7) is 1.53. The first-order chi connectivity index (χ1) is 6.97. The molecule has 0 saturated heterocycles. The second kappa shape index (κ2) is 5.07. The van der Waals surface area contributed by atoms with Crippen LogP contribution in [0.2, 0.25) is 0 Å². The number of halogens is 1. The molecule has 0 aliphatic heterocycles. The summed E-state index contributed by atoms with van der Waals surface area (Å²) in [5.74, 6) is 0. The van der Waals surface area contributed by atoms with Crippen LogP contribution < -0.4 is 4.72 Å². The lowest BCUT2D eigenvalue weighted by Crippen LogP contribution is -2.27. The zero-order valence-electron chi connectivity index (χ0n) is 8.20. The molecule has 0 fully saturated rings. The highest BCUT2D eigenvalue weighted by atomic mass is 79.9. The molecule has 0 aliphatic carbocycles. The molecular weight excluding hydrogens is 282 g/mol. The Labute approximate surface area is 97.5 Å². The molecule has 0 heterocycles. The second-order valence-corrected chi connectivity index (χ2v) is 5.68. The Kier molecular flexibility index (Phi) is 4.27. The third kappa shape index (κ3) is 3.27. The van der Waals surface area contributed by atoms with Gasteiger partial charge in [0.1, 0.15) is 0 Å². The van der Waals surface area contributed by atoms with Gasteiger partial charge in [-0.1, -0.05) is 22.0 Å². The van der Waals surface area contributed by atoms with E-state index < -0.39 is 10.0 Å².